The van der Waals surface area contributed by atoms with Crippen LogP contribution in [0.1, 0.15) is 0 Å². The summed E-state index contributed by atoms with van der Waals surface area (Å²) in [5.74, 6) is 1.94. The van der Waals surface area contributed by atoms with E-state index in [4.69, 9.17) is 19.9 Å². The van der Waals surface area contributed by atoms with Crippen LogP contribution in [0.25, 0.3) is 97.0 Å². The van der Waals surface area contributed by atoms with E-state index < -0.39 is 0 Å². The molecule has 0 amide bonds. The Morgan fingerprint density at radius 2 is 0.880 bits per heavy atom. The summed E-state index contributed by atoms with van der Waals surface area (Å²) >= 11 is 3.60. The zero-order valence-electron chi connectivity index (χ0n) is 26.6. The first-order valence-electron chi connectivity index (χ1n) is 16.5. The van der Waals surface area contributed by atoms with Crippen molar-refractivity contribution < 1.29 is 0 Å². The Labute approximate surface area is 296 Å². The molecule has 0 saturated carbocycles. The molecule has 10 rings (SSSR count). The largest absolute Gasteiger partial charge is 0.235 e. The van der Waals surface area contributed by atoms with Crippen molar-refractivity contribution in [3.63, 3.8) is 0 Å². The van der Waals surface area contributed by atoms with Gasteiger partial charge in [-0.25, -0.2) is 19.9 Å². The molecule has 0 unspecified atom stereocenters. The molecule has 0 spiro atoms. The highest BCUT2D eigenvalue weighted by Crippen LogP contribution is 2.48. The van der Waals surface area contributed by atoms with Crippen molar-refractivity contribution in [1.29, 1.82) is 0 Å². The minimum absolute atomic E-state index is 0.643. The van der Waals surface area contributed by atoms with Gasteiger partial charge in [0.1, 0.15) is 5.01 Å². The van der Waals surface area contributed by atoms with Crippen LogP contribution in [-0.2, 0) is 0 Å². The van der Waals surface area contributed by atoms with E-state index in [0.29, 0.717) is 17.5 Å². The monoisotopic (exact) mass is 674 g/mol. The van der Waals surface area contributed by atoms with Crippen molar-refractivity contribution in [2.24, 2.45) is 0 Å². The fourth-order valence-corrected chi connectivity index (χ4v) is 9.13. The van der Waals surface area contributed by atoms with Crippen LogP contribution in [0, 0.1) is 0 Å². The number of fused-ring (bicyclic) bond motifs is 5. The average molecular weight is 675 g/mol. The molecule has 50 heavy (non-hydrogen) atoms. The van der Waals surface area contributed by atoms with Crippen LogP contribution in [0.15, 0.2) is 158 Å². The lowest BCUT2D eigenvalue weighted by Gasteiger charge is -2.14. The molecule has 0 atom stereocenters. The Morgan fingerprint density at radius 1 is 0.360 bits per heavy atom. The molecule has 10 aromatic rings. The highest BCUT2D eigenvalue weighted by Gasteiger charge is 2.22. The predicted molar refractivity (Wildman–Crippen MR) is 211 cm³/mol. The maximum Gasteiger partial charge on any atom is 0.164 e. The normalized spacial score (nSPS) is 11.6. The minimum Gasteiger partial charge on any atom is -0.235 e. The standard InChI is InChI=1S/C44H26N4S2/c1-4-14-27(15-5-1)41-46-42(28-16-6-2-7-17-28)48-43(47-41)33-25-24-32(30-20-10-11-21-31(30)33)39-38-34-22-12-13-23-35(34)49-36(38)26-37-40(39)45-44(50-37)29-18-8-3-9-19-29/h1-26H. The number of nitrogens with zero attached hydrogens (tertiary/aromatic N) is 4. The molecule has 3 heterocycles. The molecule has 3 aromatic heterocycles. The third kappa shape index (κ3) is 4.80. The van der Waals surface area contributed by atoms with Crippen LogP contribution in [0.5, 0.6) is 0 Å². The Bertz CT molecular complexity index is 2800. The molecule has 0 fully saturated rings. The van der Waals surface area contributed by atoms with Crippen molar-refractivity contribution in [3.05, 3.63) is 158 Å². The van der Waals surface area contributed by atoms with Crippen molar-refractivity contribution in [3.8, 4) is 55.9 Å². The fourth-order valence-electron chi connectivity index (χ4n) is 6.88. The second-order valence-electron chi connectivity index (χ2n) is 12.2. The molecule has 6 heteroatoms. The van der Waals surface area contributed by atoms with Gasteiger partial charge in [-0.2, -0.15) is 0 Å². The topological polar surface area (TPSA) is 51.6 Å². The number of thiazole rings is 1. The molecule has 4 nitrogen and oxygen atoms in total. The van der Waals surface area contributed by atoms with E-state index in [9.17, 15) is 0 Å². The van der Waals surface area contributed by atoms with Gasteiger partial charge in [-0.05, 0) is 34.5 Å². The summed E-state index contributed by atoms with van der Waals surface area (Å²) in [6, 6.07) is 54.8. The van der Waals surface area contributed by atoms with E-state index >= 15 is 0 Å². The molecule has 234 valence electrons. The van der Waals surface area contributed by atoms with E-state index in [1.165, 1.54) is 30.4 Å². The second-order valence-corrected chi connectivity index (χ2v) is 14.3. The Kier molecular flexibility index (Phi) is 6.82. The molecule has 7 aromatic carbocycles. The lowest BCUT2D eigenvalue weighted by molar-refractivity contribution is 1.08. The number of hydrogen-bond acceptors (Lipinski definition) is 6. The van der Waals surface area contributed by atoms with Crippen molar-refractivity contribution in [2.75, 3.05) is 0 Å². The lowest BCUT2D eigenvalue weighted by atomic mass is 9.91. The smallest absolute Gasteiger partial charge is 0.164 e. The van der Waals surface area contributed by atoms with Crippen LogP contribution < -0.4 is 0 Å². The molecular formula is C44H26N4S2. The van der Waals surface area contributed by atoms with Gasteiger partial charge in [-0.1, -0.05) is 140 Å². The summed E-state index contributed by atoms with van der Waals surface area (Å²) < 4.78 is 3.73. The van der Waals surface area contributed by atoms with Gasteiger partial charge in [0.05, 0.1) is 10.2 Å². The number of hydrogen-bond donors (Lipinski definition) is 0. The number of aromatic nitrogens is 4. The fraction of sp³-hybridized carbons (Fsp3) is 0. The van der Waals surface area contributed by atoms with Gasteiger partial charge >= 0.3 is 0 Å². The van der Waals surface area contributed by atoms with E-state index in [1.54, 1.807) is 11.3 Å². The van der Waals surface area contributed by atoms with Crippen LogP contribution in [0.2, 0.25) is 0 Å². The molecule has 0 saturated heterocycles. The molecular weight excluding hydrogens is 649 g/mol. The molecule has 0 bridgehead atoms. The summed E-state index contributed by atoms with van der Waals surface area (Å²) in [5.41, 5.74) is 7.33. The summed E-state index contributed by atoms with van der Waals surface area (Å²) in [7, 11) is 0. The van der Waals surface area contributed by atoms with Crippen LogP contribution in [0.4, 0.5) is 0 Å². The summed E-state index contributed by atoms with van der Waals surface area (Å²) in [5, 5.41) is 5.74. The SMILES string of the molecule is c1ccc(-c2nc(-c3ccccc3)nc(-c3ccc(-c4c5nc(-c6ccccc6)sc5cc5sc6ccccc6c45)c4ccccc34)n2)cc1. The van der Waals surface area contributed by atoms with Gasteiger partial charge in [0.15, 0.2) is 17.5 Å². The van der Waals surface area contributed by atoms with Gasteiger partial charge in [0.2, 0.25) is 0 Å². The highest BCUT2D eigenvalue weighted by molar-refractivity contribution is 7.27. The van der Waals surface area contributed by atoms with Crippen molar-refractivity contribution in [2.45, 2.75) is 0 Å². The quantitative estimate of drug-likeness (QED) is 0.182. The predicted octanol–water partition coefficient (Wildman–Crippen LogP) is 12.3. The van der Waals surface area contributed by atoms with Gasteiger partial charge in [0.25, 0.3) is 0 Å². The van der Waals surface area contributed by atoms with Gasteiger partial charge < -0.3 is 0 Å². The third-order valence-corrected chi connectivity index (χ3v) is 11.3. The Hall–Kier alpha value is -6.08. The first-order chi connectivity index (χ1) is 24.8. The lowest BCUT2D eigenvalue weighted by Crippen LogP contribution is -2.00. The maximum atomic E-state index is 5.36. The van der Waals surface area contributed by atoms with E-state index in [1.807, 2.05) is 72.0 Å². The van der Waals surface area contributed by atoms with Gasteiger partial charge in [0, 0.05) is 48.0 Å². The first kappa shape index (κ1) is 28.9. The summed E-state index contributed by atoms with van der Waals surface area (Å²) in [6.07, 6.45) is 0. The van der Waals surface area contributed by atoms with Gasteiger partial charge in [-0.15, -0.1) is 22.7 Å². The number of thiophene rings is 1. The average Bonchev–Trinajstić information content (AvgIpc) is 3.79. The van der Waals surface area contributed by atoms with Crippen LogP contribution in [-0.4, -0.2) is 19.9 Å². The maximum absolute atomic E-state index is 5.36. The van der Waals surface area contributed by atoms with Gasteiger partial charge in [-0.3, -0.25) is 0 Å². The number of benzene rings is 7. The van der Waals surface area contributed by atoms with Crippen molar-refractivity contribution >= 4 is 63.8 Å². The Balaban J connectivity index is 1.25. The molecule has 0 aliphatic carbocycles. The van der Waals surface area contributed by atoms with Crippen LogP contribution >= 0.6 is 22.7 Å². The molecule has 0 radical (unpaired) electrons. The second kappa shape index (κ2) is 11.8. The molecule has 0 N–H and O–H groups in total. The number of rotatable bonds is 5. The zero-order chi connectivity index (χ0) is 33.0. The first-order valence-corrected chi connectivity index (χ1v) is 18.1. The van der Waals surface area contributed by atoms with Crippen LogP contribution in [0.3, 0.4) is 0 Å². The third-order valence-electron chi connectivity index (χ3n) is 9.18. The minimum atomic E-state index is 0.643. The summed E-state index contributed by atoms with van der Waals surface area (Å²) in [4.78, 5) is 20.5. The Morgan fingerprint density at radius 3 is 1.54 bits per heavy atom. The zero-order valence-corrected chi connectivity index (χ0v) is 28.2. The summed E-state index contributed by atoms with van der Waals surface area (Å²) in [6.45, 7) is 0. The van der Waals surface area contributed by atoms with E-state index in [0.717, 1.165) is 49.1 Å². The van der Waals surface area contributed by atoms with Crippen molar-refractivity contribution in [1.82, 2.24) is 19.9 Å². The van der Waals surface area contributed by atoms with E-state index in [-0.39, 0.29) is 0 Å². The molecule has 0 aliphatic rings. The molecule has 0 aliphatic heterocycles. The highest BCUT2D eigenvalue weighted by atomic mass is 32.1. The van der Waals surface area contributed by atoms with E-state index in [2.05, 4.69) is 97.1 Å².